The number of thiazole rings is 1. The molecule has 0 unspecified atom stereocenters. The molecule has 0 saturated carbocycles. The number of nitrogens with one attached hydrogen (secondary N) is 1. The molecule has 1 aromatic carbocycles. The quantitative estimate of drug-likeness (QED) is 0.796. The second-order valence-corrected chi connectivity index (χ2v) is 6.15. The molecular weight excluding hydrogens is 288 g/mol. The van der Waals surface area contributed by atoms with Crippen molar-refractivity contribution in [3.8, 4) is 9.88 Å². The minimum atomic E-state index is -0.0749. The molecular formula is C15H12N2OS2. The van der Waals surface area contributed by atoms with Gasteiger partial charge in [-0.15, -0.1) is 22.7 Å². The first-order valence-electron chi connectivity index (χ1n) is 6.15. The normalized spacial score (nSPS) is 10.4. The molecule has 0 aliphatic heterocycles. The lowest BCUT2D eigenvalue weighted by molar-refractivity contribution is 0.0955. The van der Waals surface area contributed by atoms with Crippen molar-refractivity contribution in [2.24, 2.45) is 0 Å². The van der Waals surface area contributed by atoms with Crippen molar-refractivity contribution in [1.82, 2.24) is 10.3 Å². The van der Waals surface area contributed by atoms with Crippen LogP contribution in [0, 0.1) is 0 Å². The van der Waals surface area contributed by atoms with Crippen LogP contribution in [-0.2, 0) is 6.54 Å². The first-order chi connectivity index (χ1) is 9.83. The lowest BCUT2D eigenvalue weighted by Gasteiger charge is -2.02. The van der Waals surface area contributed by atoms with E-state index in [4.69, 9.17) is 0 Å². The summed E-state index contributed by atoms with van der Waals surface area (Å²) in [5.74, 6) is -0.0749. The van der Waals surface area contributed by atoms with Gasteiger partial charge in [-0.1, -0.05) is 36.4 Å². The Morgan fingerprint density at radius 2 is 2.00 bits per heavy atom. The van der Waals surface area contributed by atoms with E-state index in [2.05, 4.69) is 10.3 Å². The maximum absolute atomic E-state index is 12.1. The van der Waals surface area contributed by atoms with Gasteiger partial charge in [-0.3, -0.25) is 4.79 Å². The third-order valence-corrected chi connectivity index (χ3v) is 4.79. The van der Waals surface area contributed by atoms with Gasteiger partial charge in [-0.05, 0) is 17.0 Å². The van der Waals surface area contributed by atoms with E-state index in [9.17, 15) is 4.79 Å². The summed E-state index contributed by atoms with van der Waals surface area (Å²) in [7, 11) is 0. The predicted molar refractivity (Wildman–Crippen MR) is 83.0 cm³/mol. The number of nitrogens with zero attached hydrogens (tertiary/aromatic N) is 1. The summed E-state index contributed by atoms with van der Waals surface area (Å²) >= 11 is 3.05. The van der Waals surface area contributed by atoms with E-state index in [1.807, 2.05) is 47.8 Å². The Bertz CT molecular complexity index is 690. The molecule has 0 fully saturated rings. The van der Waals surface area contributed by atoms with E-state index in [1.165, 1.54) is 11.3 Å². The predicted octanol–water partition coefficient (Wildman–Crippen LogP) is 3.80. The molecule has 0 saturated heterocycles. The van der Waals surface area contributed by atoms with Gasteiger partial charge in [0, 0.05) is 6.54 Å². The highest BCUT2D eigenvalue weighted by molar-refractivity contribution is 7.21. The molecule has 0 spiro atoms. The molecule has 2 heterocycles. The average Bonchev–Trinajstić information content (AvgIpc) is 3.16. The van der Waals surface area contributed by atoms with Crippen molar-refractivity contribution in [1.29, 1.82) is 0 Å². The van der Waals surface area contributed by atoms with E-state index in [0.717, 1.165) is 15.4 Å². The zero-order chi connectivity index (χ0) is 13.8. The maximum atomic E-state index is 12.1. The highest BCUT2D eigenvalue weighted by Crippen LogP contribution is 2.28. The molecule has 20 heavy (non-hydrogen) atoms. The number of amides is 1. The third kappa shape index (κ3) is 2.95. The minimum absolute atomic E-state index is 0.0749. The summed E-state index contributed by atoms with van der Waals surface area (Å²) < 4.78 is 0. The number of benzene rings is 1. The van der Waals surface area contributed by atoms with Crippen LogP contribution in [0.4, 0.5) is 0 Å². The highest BCUT2D eigenvalue weighted by atomic mass is 32.1. The lowest BCUT2D eigenvalue weighted by Crippen LogP contribution is -2.21. The first-order valence-corrected chi connectivity index (χ1v) is 7.84. The zero-order valence-corrected chi connectivity index (χ0v) is 12.2. The fourth-order valence-electron chi connectivity index (χ4n) is 1.76. The standard InChI is InChI=1S/C15H12N2OS2/c18-14(16-9-11-5-2-1-3-6-11)13-10-17-15(20-13)12-7-4-8-19-12/h1-8,10H,9H2,(H,16,18). The summed E-state index contributed by atoms with van der Waals surface area (Å²) in [6.07, 6.45) is 1.64. The summed E-state index contributed by atoms with van der Waals surface area (Å²) in [4.78, 5) is 18.1. The van der Waals surface area contributed by atoms with Crippen LogP contribution in [0.3, 0.4) is 0 Å². The second kappa shape index (κ2) is 5.98. The largest absolute Gasteiger partial charge is 0.347 e. The summed E-state index contributed by atoms with van der Waals surface area (Å²) in [5.41, 5.74) is 1.09. The third-order valence-electron chi connectivity index (χ3n) is 2.76. The molecule has 0 aliphatic carbocycles. The SMILES string of the molecule is O=C(NCc1ccccc1)c1cnc(-c2cccs2)s1. The Morgan fingerprint density at radius 1 is 1.15 bits per heavy atom. The van der Waals surface area contributed by atoms with E-state index >= 15 is 0 Å². The number of thiophene rings is 1. The Labute approximate surface area is 124 Å². The monoisotopic (exact) mass is 300 g/mol. The molecule has 5 heteroatoms. The Balaban J connectivity index is 1.66. The van der Waals surface area contributed by atoms with Crippen LogP contribution in [-0.4, -0.2) is 10.9 Å². The van der Waals surface area contributed by atoms with Crippen molar-refractivity contribution in [3.05, 3.63) is 64.5 Å². The van der Waals surface area contributed by atoms with E-state index in [-0.39, 0.29) is 5.91 Å². The second-order valence-electron chi connectivity index (χ2n) is 4.18. The van der Waals surface area contributed by atoms with Crippen LogP contribution in [0.25, 0.3) is 9.88 Å². The fraction of sp³-hybridized carbons (Fsp3) is 0.0667. The number of aromatic nitrogens is 1. The van der Waals surface area contributed by atoms with E-state index in [0.29, 0.717) is 11.4 Å². The Hall–Kier alpha value is -1.98. The zero-order valence-electron chi connectivity index (χ0n) is 10.6. The average molecular weight is 300 g/mol. The fourth-order valence-corrected chi connectivity index (χ4v) is 3.39. The van der Waals surface area contributed by atoms with Gasteiger partial charge < -0.3 is 5.32 Å². The first kappa shape index (κ1) is 13.0. The Kier molecular flexibility index (Phi) is 3.90. The van der Waals surface area contributed by atoms with Crippen molar-refractivity contribution in [3.63, 3.8) is 0 Å². The van der Waals surface area contributed by atoms with Gasteiger partial charge in [0.2, 0.25) is 0 Å². The molecule has 0 aliphatic rings. The molecule has 2 aromatic heterocycles. The van der Waals surface area contributed by atoms with Gasteiger partial charge in [0.05, 0.1) is 11.1 Å². The summed E-state index contributed by atoms with van der Waals surface area (Å²) in [6, 6.07) is 13.9. The van der Waals surface area contributed by atoms with E-state index in [1.54, 1.807) is 17.5 Å². The van der Waals surface area contributed by atoms with E-state index < -0.39 is 0 Å². The summed E-state index contributed by atoms with van der Waals surface area (Å²) in [5, 5.41) is 5.81. The van der Waals surface area contributed by atoms with Gasteiger partial charge >= 0.3 is 0 Å². The topological polar surface area (TPSA) is 42.0 Å². The van der Waals surface area contributed by atoms with Crippen LogP contribution in [0.2, 0.25) is 0 Å². The molecule has 0 atom stereocenters. The molecule has 0 radical (unpaired) electrons. The molecule has 3 nitrogen and oxygen atoms in total. The highest BCUT2D eigenvalue weighted by Gasteiger charge is 2.11. The van der Waals surface area contributed by atoms with Crippen LogP contribution >= 0.6 is 22.7 Å². The van der Waals surface area contributed by atoms with Crippen LogP contribution in [0.5, 0.6) is 0 Å². The van der Waals surface area contributed by atoms with Gasteiger partial charge in [-0.2, -0.15) is 0 Å². The Morgan fingerprint density at radius 3 is 2.75 bits per heavy atom. The van der Waals surface area contributed by atoms with Crippen molar-refractivity contribution in [2.75, 3.05) is 0 Å². The number of carbonyl (C=O) groups excluding carboxylic acids is 1. The van der Waals surface area contributed by atoms with Gasteiger partial charge in [0.1, 0.15) is 9.88 Å². The van der Waals surface area contributed by atoms with Crippen molar-refractivity contribution in [2.45, 2.75) is 6.54 Å². The molecule has 100 valence electrons. The number of hydrogen-bond acceptors (Lipinski definition) is 4. The van der Waals surface area contributed by atoms with Crippen LogP contribution in [0.1, 0.15) is 15.2 Å². The smallest absolute Gasteiger partial charge is 0.263 e. The molecule has 1 amide bonds. The van der Waals surface area contributed by atoms with Crippen LogP contribution < -0.4 is 5.32 Å². The van der Waals surface area contributed by atoms with Crippen LogP contribution in [0.15, 0.2) is 54.0 Å². The number of carbonyl (C=O) groups is 1. The van der Waals surface area contributed by atoms with Gasteiger partial charge in [-0.25, -0.2) is 4.98 Å². The van der Waals surface area contributed by atoms with Gasteiger partial charge in [0.25, 0.3) is 5.91 Å². The molecule has 3 rings (SSSR count). The molecule has 0 bridgehead atoms. The minimum Gasteiger partial charge on any atom is -0.347 e. The van der Waals surface area contributed by atoms with Crippen molar-refractivity contribution >= 4 is 28.6 Å². The molecule has 1 N–H and O–H groups in total. The number of hydrogen-bond donors (Lipinski definition) is 1. The molecule has 3 aromatic rings. The van der Waals surface area contributed by atoms with Gasteiger partial charge in [0.15, 0.2) is 0 Å². The lowest BCUT2D eigenvalue weighted by atomic mass is 10.2. The summed E-state index contributed by atoms with van der Waals surface area (Å²) in [6.45, 7) is 0.534. The number of rotatable bonds is 4. The maximum Gasteiger partial charge on any atom is 0.263 e. The van der Waals surface area contributed by atoms with Crippen molar-refractivity contribution < 1.29 is 4.79 Å².